The standard InChI is InChI=1S/C28H38N6O2/c1-19(29-2)27(35)32-25(20-8-4-3-5-9-20)28(36)33-16-7-11-23(33)22-12-15-30-24(18-22)34-17-13-21-10-6-14-31-26(21)34/h6,10,12,14-15,18-20,23,25,29H,3-5,7-9,11,13,16-17H2,1-2H3,(H,32,35)/t19?,23?,25-/m0/s1. The third-order valence-corrected chi connectivity index (χ3v) is 8.21. The number of rotatable bonds is 7. The average molecular weight is 491 g/mol. The Hall–Kier alpha value is -3.00. The Morgan fingerprint density at radius 2 is 1.86 bits per heavy atom. The van der Waals surface area contributed by atoms with Crippen LogP contribution >= 0.6 is 0 Å². The van der Waals surface area contributed by atoms with Gasteiger partial charge >= 0.3 is 0 Å². The summed E-state index contributed by atoms with van der Waals surface area (Å²) < 4.78 is 0. The van der Waals surface area contributed by atoms with Gasteiger partial charge in [-0.15, -0.1) is 0 Å². The van der Waals surface area contributed by atoms with Gasteiger partial charge in [-0.1, -0.05) is 25.3 Å². The molecule has 1 saturated carbocycles. The molecule has 2 fully saturated rings. The number of pyridine rings is 2. The summed E-state index contributed by atoms with van der Waals surface area (Å²) in [6, 6.07) is 7.45. The van der Waals surface area contributed by atoms with Crippen LogP contribution in [0.15, 0.2) is 36.7 Å². The van der Waals surface area contributed by atoms with Crippen molar-refractivity contribution in [2.45, 2.75) is 76.4 Å². The zero-order chi connectivity index (χ0) is 25.1. The molecule has 8 heteroatoms. The fourth-order valence-corrected chi connectivity index (χ4v) is 6.03. The van der Waals surface area contributed by atoms with E-state index >= 15 is 0 Å². The van der Waals surface area contributed by atoms with Gasteiger partial charge in [0.1, 0.15) is 17.7 Å². The molecule has 0 radical (unpaired) electrons. The van der Waals surface area contributed by atoms with Gasteiger partial charge < -0.3 is 20.4 Å². The molecule has 1 saturated heterocycles. The maximum absolute atomic E-state index is 14.0. The molecular formula is C28H38N6O2. The van der Waals surface area contributed by atoms with E-state index < -0.39 is 6.04 Å². The molecule has 0 spiro atoms. The van der Waals surface area contributed by atoms with Gasteiger partial charge in [0.25, 0.3) is 0 Å². The Bertz CT molecular complexity index is 1090. The quantitative estimate of drug-likeness (QED) is 0.617. The van der Waals surface area contributed by atoms with Crippen LogP contribution < -0.4 is 15.5 Å². The monoisotopic (exact) mass is 490 g/mol. The number of aromatic nitrogens is 2. The maximum atomic E-state index is 14.0. The Labute approximate surface area is 213 Å². The topological polar surface area (TPSA) is 90.5 Å². The molecule has 4 heterocycles. The molecule has 0 aromatic carbocycles. The Kier molecular flexibility index (Phi) is 7.51. The number of likely N-dealkylation sites (N-methyl/N-ethyl adjacent to an activating group) is 1. The van der Waals surface area contributed by atoms with E-state index in [1.165, 1.54) is 12.0 Å². The number of anilines is 2. The fraction of sp³-hybridized carbons (Fsp3) is 0.571. The second kappa shape index (κ2) is 10.9. The number of nitrogens with zero attached hydrogens (tertiary/aromatic N) is 4. The van der Waals surface area contributed by atoms with Crippen LogP contribution in [0.1, 0.15) is 69.0 Å². The average Bonchev–Trinajstić information content (AvgIpc) is 3.59. The van der Waals surface area contributed by atoms with E-state index in [4.69, 9.17) is 0 Å². The normalized spacial score (nSPS) is 21.8. The lowest BCUT2D eigenvalue weighted by Crippen LogP contribution is -2.55. The van der Waals surface area contributed by atoms with Crippen molar-refractivity contribution < 1.29 is 9.59 Å². The predicted octanol–water partition coefficient (Wildman–Crippen LogP) is 3.51. The molecule has 0 bridgehead atoms. The second-order valence-electron chi connectivity index (χ2n) is 10.4. The Balaban J connectivity index is 1.38. The fourth-order valence-electron chi connectivity index (χ4n) is 6.03. The molecule has 3 aliphatic rings. The van der Waals surface area contributed by atoms with E-state index in [1.54, 1.807) is 7.05 Å². The summed E-state index contributed by atoms with van der Waals surface area (Å²) in [5.74, 6) is 2.00. The van der Waals surface area contributed by atoms with E-state index in [2.05, 4.69) is 37.6 Å². The summed E-state index contributed by atoms with van der Waals surface area (Å²) in [6.45, 7) is 3.41. The first-order valence-corrected chi connectivity index (χ1v) is 13.5. The zero-order valence-corrected chi connectivity index (χ0v) is 21.4. The number of likely N-dealkylation sites (tertiary alicyclic amines) is 1. The highest BCUT2D eigenvalue weighted by atomic mass is 16.2. The van der Waals surface area contributed by atoms with Crippen LogP contribution in [-0.2, 0) is 16.0 Å². The summed E-state index contributed by atoms with van der Waals surface area (Å²) in [5, 5.41) is 6.13. The smallest absolute Gasteiger partial charge is 0.245 e. The third-order valence-electron chi connectivity index (χ3n) is 8.21. The van der Waals surface area contributed by atoms with Gasteiger partial charge in [-0.05, 0) is 81.3 Å². The van der Waals surface area contributed by atoms with Crippen molar-refractivity contribution in [2.75, 3.05) is 25.0 Å². The highest BCUT2D eigenvalue weighted by molar-refractivity contribution is 5.90. The summed E-state index contributed by atoms with van der Waals surface area (Å²) in [4.78, 5) is 40.3. The first-order valence-electron chi connectivity index (χ1n) is 13.5. The van der Waals surface area contributed by atoms with Crippen molar-refractivity contribution in [3.63, 3.8) is 0 Å². The van der Waals surface area contributed by atoms with E-state index in [0.717, 1.165) is 75.2 Å². The molecule has 2 aliphatic heterocycles. The highest BCUT2D eigenvalue weighted by Gasteiger charge is 2.39. The van der Waals surface area contributed by atoms with Crippen molar-refractivity contribution in [3.8, 4) is 0 Å². The number of hydrogen-bond acceptors (Lipinski definition) is 6. The number of carbonyl (C=O) groups excluding carboxylic acids is 2. The number of hydrogen-bond donors (Lipinski definition) is 2. The van der Waals surface area contributed by atoms with Gasteiger partial charge in [-0.2, -0.15) is 0 Å². The van der Waals surface area contributed by atoms with E-state index in [1.807, 2.05) is 36.4 Å². The van der Waals surface area contributed by atoms with E-state index in [9.17, 15) is 9.59 Å². The van der Waals surface area contributed by atoms with Crippen molar-refractivity contribution in [1.29, 1.82) is 0 Å². The summed E-state index contributed by atoms with van der Waals surface area (Å²) >= 11 is 0. The SMILES string of the molecule is CNC(C)C(=O)N[C@H](C(=O)N1CCCC1c1ccnc(N2CCc3cccnc32)c1)C1CCCCC1. The van der Waals surface area contributed by atoms with Gasteiger partial charge in [0, 0.05) is 25.5 Å². The minimum Gasteiger partial charge on any atom is -0.343 e. The maximum Gasteiger partial charge on any atom is 0.245 e. The minimum absolute atomic E-state index is 0.00484. The Morgan fingerprint density at radius 1 is 1.03 bits per heavy atom. The summed E-state index contributed by atoms with van der Waals surface area (Å²) in [5.41, 5.74) is 2.34. The summed E-state index contributed by atoms with van der Waals surface area (Å²) in [6.07, 6.45) is 11.9. The first kappa shape index (κ1) is 24.7. The van der Waals surface area contributed by atoms with Gasteiger partial charge in [0.2, 0.25) is 11.8 Å². The molecule has 3 atom stereocenters. The molecule has 36 heavy (non-hydrogen) atoms. The first-order chi connectivity index (χ1) is 17.6. The van der Waals surface area contributed by atoms with Crippen molar-refractivity contribution >= 4 is 23.5 Å². The summed E-state index contributed by atoms with van der Waals surface area (Å²) in [7, 11) is 1.77. The van der Waals surface area contributed by atoms with Gasteiger partial charge in [-0.25, -0.2) is 9.97 Å². The van der Waals surface area contributed by atoms with E-state index in [0.29, 0.717) is 0 Å². The van der Waals surface area contributed by atoms with Crippen LogP contribution in [0.5, 0.6) is 0 Å². The van der Waals surface area contributed by atoms with Crippen LogP contribution in [-0.4, -0.2) is 58.9 Å². The number of fused-ring (bicyclic) bond motifs is 1. The van der Waals surface area contributed by atoms with Crippen LogP contribution in [0.4, 0.5) is 11.6 Å². The molecule has 192 valence electrons. The lowest BCUT2D eigenvalue weighted by Gasteiger charge is -2.35. The van der Waals surface area contributed by atoms with Gasteiger partial charge in [0.05, 0.1) is 12.1 Å². The van der Waals surface area contributed by atoms with Gasteiger partial charge in [0.15, 0.2) is 0 Å². The largest absolute Gasteiger partial charge is 0.343 e. The van der Waals surface area contributed by atoms with Crippen molar-refractivity contribution in [1.82, 2.24) is 25.5 Å². The predicted molar refractivity (Wildman–Crippen MR) is 140 cm³/mol. The molecule has 8 nitrogen and oxygen atoms in total. The molecule has 2 N–H and O–H groups in total. The van der Waals surface area contributed by atoms with Gasteiger partial charge in [-0.3, -0.25) is 9.59 Å². The molecule has 2 unspecified atom stereocenters. The minimum atomic E-state index is -0.467. The van der Waals surface area contributed by atoms with Crippen LogP contribution in [0.3, 0.4) is 0 Å². The molecule has 5 rings (SSSR count). The molecular weight excluding hydrogens is 452 g/mol. The van der Waals surface area contributed by atoms with Crippen molar-refractivity contribution in [2.24, 2.45) is 5.92 Å². The van der Waals surface area contributed by atoms with Crippen LogP contribution in [0.2, 0.25) is 0 Å². The molecule has 2 amide bonds. The number of carbonyl (C=O) groups is 2. The highest BCUT2D eigenvalue weighted by Crippen LogP contribution is 2.37. The lowest BCUT2D eigenvalue weighted by atomic mass is 9.83. The number of amides is 2. The van der Waals surface area contributed by atoms with Crippen LogP contribution in [0.25, 0.3) is 0 Å². The van der Waals surface area contributed by atoms with E-state index in [-0.39, 0.29) is 29.8 Å². The van der Waals surface area contributed by atoms with Crippen LogP contribution in [0, 0.1) is 5.92 Å². The molecule has 2 aromatic heterocycles. The lowest BCUT2D eigenvalue weighted by molar-refractivity contribution is -0.139. The zero-order valence-electron chi connectivity index (χ0n) is 21.4. The van der Waals surface area contributed by atoms with Crippen molar-refractivity contribution in [3.05, 3.63) is 47.8 Å². The number of nitrogens with one attached hydrogen (secondary N) is 2. The second-order valence-corrected chi connectivity index (χ2v) is 10.4. The third kappa shape index (κ3) is 4.96. The molecule has 1 aliphatic carbocycles. The Morgan fingerprint density at radius 3 is 2.67 bits per heavy atom. The molecule has 2 aromatic rings.